The van der Waals surface area contributed by atoms with Gasteiger partial charge in [-0.3, -0.25) is 4.79 Å². The van der Waals surface area contributed by atoms with Crippen LogP contribution in [0.3, 0.4) is 0 Å². The minimum Gasteiger partial charge on any atom is -0.418 e. The van der Waals surface area contributed by atoms with Crippen molar-refractivity contribution in [2.75, 3.05) is 0 Å². The number of carbonyl (C=O) groups excluding carboxylic acids is 1. The fourth-order valence-electron chi connectivity index (χ4n) is 0.0600. The number of hydrogen-bond donors (Lipinski definition) is 0. The Morgan fingerprint density at radius 3 is 2.67 bits per heavy atom. The molecule has 2 radical (unpaired) electrons. The summed E-state index contributed by atoms with van der Waals surface area (Å²) in [6, 6.07) is 0. The number of carbonyl (C=O) groups is 1. The second-order valence-electron chi connectivity index (χ2n) is 0.487. The van der Waals surface area contributed by atoms with Crippen molar-refractivity contribution < 1.29 is 9.53 Å². The summed E-state index contributed by atoms with van der Waals surface area (Å²) >= 11 is 0. The maximum absolute atomic E-state index is 9.19. The molecular weight excluding hydrogens is 80.8 g/mol. The van der Waals surface area contributed by atoms with Crippen molar-refractivity contribution >= 4 is 20.9 Å². The molecule has 0 aliphatic carbocycles. The van der Waals surface area contributed by atoms with Crippen LogP contribution in [0.15, 0.2) is 4.90 Å². The highest BCUT2D eigenvalue weighted by Crippen LogP contribution is 1.50. The lowest BCUT2D eigenvalue weighted by Crippen LogP contribution is -1.79. The van der Waals surface area contributed by atoms with E-state index in [9.17, 15) is 4.79 Å². The van der Waals surface area contributed by atoms with Gasteiger partial charge in [-0.2, -0.15) is 0 Å². The van der Waals surface area contributed by atoms with Crippen molar-refractivity contribution in [1.82, 2.24) is 0 Å². The number of ether oxygens (including phenoxy) is 1. The van der Waals surface area contributed by atoms with Crippen LogP contribution < -0.4 is 0 Å². The predicted molar refractivity (Wildman–Crippen MR) is 21.4 cm³/mol. The van der Waals surface area contributed by atoms with Crippen LogP contribution in [0.2, 0.25) is 0 Å². The monoisotopic (exact) mass is 83.0 g/mol. The summed E-state index contributed by atoms with van der Waals surface area (Å²) < 4.78 is 3.89. The first-order valence-electron chi connectivity index (χ1n) is 1.22. The maximum atomic E-state index is 9.19. The minimum absolute atomic E-state index is 0.232. The van der Waals surface area contributed by atoms with Gasteiger partial charge in [-0.15, -0.1) is 0 Å². The van der Waals surface area contributed by atoms with Gasteiger partial charge in [0.15, 0.2) is 6.40 Å². The molecule has 0 aromatic rings. The Bertz CT molecular complexity index is 62.6. The second kappa shape index (κ2) is 4.20. The quantitative estimate of drug-likeness (QED) is 0.191. The molecule has 0 saturated carbocycles. The summed E-state index contributed by atoms with van der Waals surface area (Å²) in [6.45, 7) is 0.232. The molecule has 0 saturated heterocycles. The van der Waals surface area contributed by atoms with Gasteiger partial charge in [-0.05, 0) is 0 Å². The molecule has 0 aliphatic heterocycles. The lowest BCUT2D eigenvalue weighted by molar-refractivity contribution is -0.121. The molecule has 0 amide bonds. The van der Waals surface area contributed by atoms with Gasteiger partial charge in [0.1, 0.15) is 0 Å². The van der Waals surface area contributed by atoms with Crippen LogP contribution in [0.1, 0.15) is 0 Å². The smallest absolute Gasteiger partial charge is 0.299 e. The van der Waals surface area contributed by atoms with Gasteiger partial charge in [0.2, 0.25) is 0 Å². The summed E-state index contributed by atoms with van der Waals surface area (Å²) in [6.07, 6.45) is 0.840. The van der Waals surface area contributed by atoms with Crippen LogP contribution in [0.25, 0.3) is 0 Å². The first-order valence-corrected chi connectivity index (χ1v) is 1.22. The summed E-state index contributed by atoms with van der Waals surface area (Å²) in [5.41, 5.74) is 0. The number of rotatable bonds is 2. The van der Waals surface area contributed by atoms with Crippen LogP contribution >= 0.6 is 0 Å². The molecular formula is C2H2BNO2. The predicted octanol–water partition coefficient (Wildman–Crippen LogP) is -0.729. The molecule has 0 aromatic carbocycles. The largest absolute Gasteiger partial charge is 0.418 e. The summed E-state index contributed by atoms with van der Waals surface area (Å²) in [4.78, 5) is 12.0. The van der Waals surface area contributed by atoms with Crippen LogP contribution in [-0.2, 0) is 9.53 Å². The highest BCUT2D eigenvalue weighted by molar-refractivity contribution is 6.08. The Morgan fingerprint density at radius 2 is 2.50 bits per heavy atom. The van der Waals surface area contributed by atoms with Gasteiger partial charge in [0.25, 0.3) is 14.5 Å². The molecule has 0 unspecified atom stereocenters. The summed E-state index contributed by atoms with van der Waals surface area (Å²) in [5, 5.41) is 0. The third kappa shape index (κ3) is 3.20. The number of nitrogens with zero attached hydrogens (tertiary/aromatic N) is 1. The van der Waals surface area contributed by atoms with Crippen molar-refractivity contribution in [3.63, 3.8) is 0 Å². The Kier molecular flexibility index (Phi) is 3.65. The highest BCUT2D eigenvalue weighted by atomic mass is 16.5. The topological polar surface area (TPSA) is 38.7 Å². The van der Waals surface area contributed by atoms with Crippen molar-refractivity contribution in [3.05, 3.63) is 0 Å². The van der Waals surface area contributed by atoms with Crippen LogP contribution in [0, 0.1) is 0 Å². The summed E-state index contributed by atoms with van der Waals surface area (Å²) in [5.74, 6) is 0. The van der Waals surface area contributed by atoms with Gasteiger partial charge in [0, 0.05) is 0 Å². The zero-order valence-corrected chi connectivity index (χ0v) is 3.00. The first kappa shape index (κ1) is 5.20. The Labute approximate surface area is 36.4 Å². The van der Waals surface area contributed by atoms with E-state index in [1.165, 1.54) is 0 Å². The molecule has 4 heteroatoms. The lowest BCUT2D eigenvalue weighted by Gasteiger charge is -1.74. The van der Waals surface area contributed by atoms with Gasteiger partial charge >= 0.3 is 0 Å². The molecule has 0 heterocycles. The van der Waals surface area contributed by atoms with E-state index in [4.69, 9.17) is 0 Å². The van der Waals surface area contributed by atoms with Gasteiger partial charge < -0.3 is 9.64 Å². The van der Waals surface area contributed by atoms with E-state index in [0.29, 0.717) is 0 Å². The van der Waals surface area contributed by atoms with Crippen LogP contribution in [0.4, 0.5) is 0 Å². The molecule has 0 aliphatic rings. The van der Waals surface area contributed by atoms with E-state index < -0.39 is 0 Å². The minimum atomic E-state index is 0.232. The van der Waals surface area contributed by atoms with Gasteiger partial charge in [-0.1, -0.05) is 0 Å². The zero-order valence-electron chi connectivity index (χ0n) is 3.00. The third-order valence-electron chi connectivity index (χ3n) is 0.177. The lowest BCUT2D eigenvalue weighted by atomic mass is 10.5. The molecule has 0 bridgehead atoms. The van der Waals surface area contributed by atoms with E-state index in [2.05, 4.69) is 17.6 Å². The standard InChI is InChI=1S/C2H2BNO2/c3-4-1-6-2-5/h1-2H. The Hall–Kier alpha value is -0.795. The molecule has 0 atom stereocenters. The van der Waals surface area contributed by atoms with Crippen molar-refractivity contribution in [2.24, 2.45) is 4.90 Å². The van der Waals surface area contributed by atoms with Crippen molar-refractivity contribution in [1.29, 1.82) is 0 Å². The van der Waals surface area contributed by atoms with E-state index in [1.54, 1.807) is 0 Å². The van der Waals surface area contributed by atoms with Crippen molar-refractivity contribution in [2.45, 2.75) is 0 Å². The molecule has 0 aromatic heterocycles. The summed E-state index contributed by atoms with van der Waals surface area (Å²) in [7, 11) is 4.50. The zero-order chi connectivity index (χ0) is 4.83. The SMILES string of the molecule is [B]N=COC=O. The van der Waals surface area contributed by atoms with E-state index in [1.807, 2.05) is 0 Å². The normalized spacial score (nSPS) is 8.67. The van der Waals surface area contributed by atoms with Gasteiger partial charge in [0.05, 0.1) is 0 Å². The molecule has 30 valence electrons. The van der Waals surface area contributed by atoms with Crippen molar-refractivity contribution in [3.8, 4) is 0 Å². The van der Waals surface area contributed by atoms with Crippen LogP contribution in [0.5, 0.6) is 0 Å². The Morgan fingerprint density at radius 1 is 1.83 bits per heavy atom. The average molecular weight is 82.9 g/mol. The van der Waals surface area contributed by atoms with E-state index >= 15 is 0 Å². The van der Waals surface area contributed by atoms with E-state index in [0.717, 1.165) is 6.40 Å². The molecule has 0 spiro atoms. The Balaban J connectivity index is 2.85. The fourth-order valence-corrected chi connectivity index (χ4v) is 0.0600. The average Bonchev–Trinajstić information content (AvgIpc) is 1.61. The molecule has 0 N–H and O–H groups in total. The number of hydrogen-bond acceptors (Lipinski definition) is 3. The van der Waals surface area contributed by atoms with E-state index in [-0.39, 0.29) is 6.47 Å². The molecule has 6 heavy (non-hydrogen) atoms. The maximum Gasteiger partial charge on any atom is 0.299 e. The molecule has 3 nitrogen and oxygen atoms in total. The highest BCUT2D eigenvalue weighted by Gasteiger charge is 1.59. The first-order chi connectivity index (χ1) is 2.91. The third-order valence-corrected chi connectivity index (χ3v) is 0.177. The second-order valence-corrected chi connectivity index (χ2v) is 0.487. The molecule has 0 rings (SSSR count). The molecule has 0 fully saturated rings. The van der Waals surface area contributed by atoms with Gasteiger partial charge in [-0.25, -0.2) is 0 Å². The van der Waals surface area contributed by atoms with Crippen LogP contribution in [-0.4, -0.2) is 20.9 Å². The fraction of sp³-hybridized carbons (Fsp3) is 0.